The number of rotatable bonds is 2. The molecule has 50 valence electrons. The second-order valence-electron chi connectivity index (χ2n) is 1.31. The van der Waals surface area contributed by atoms with Crippen LogP contribution in [0.5, 0.6) is 0 Å². The van der Waals surface area contributed by atoms with E-state index in [2.05, 4.69) is 12.7 Å². The molecule has 3 heteroatoms. The van der Waals surface area contributed by atoms with Gasteiger partial charge in [-0.3, -0.25) is 5.41 Å². The minimum atomic E-state index is 0.750. The summed E-state index contributed by atoms with van der Waals surface area (Å²) in [6, 6.07) is 0. The lowest BCUT2D eigenvalue weighted by Gasteiger charge is -1.80. The van der Waals surface area contributed by atoms with E-state index in [9.17, 15) is 0 Å². The molecule has 0 aliphatic rings. The standard InChI is InChI=1S/C4H11N.CH4N2/c1-2-3-4-5;2-1-3/h2-5H2,1H3;1H,(H3,2,3). The minimum absolute atomic E-state index is 0.750. The van der Waals surface area contributed by atoms with Gasteiger partial charge in [0, 0.05) is 0 Å². The second kappa shape index (κ2) is 16.1. The van der Waals surface area contributed by atoms with Crippen molar-refractivity contribution in [3.8, 4) is 0 Å². The van der Waals surface area contributed by atoms with E-state index in [1.165, 1.54) is 12.8 Å². The average molecular weight is 117 g/mol. The summed E-state index contributed by atoms with van der Waals surface area (Å²) in [5.41, 5.74) is 9.53. The van der Waals surface area contributed by atoms with Crippen molar-refractivity contribution in [1.29, 1.82) is 5.41 Å². The molecule has 0 bridgehead atoms. The van der Waals surface area contributed by atoms with Crippen LogP contribution in [0.1, 0.15) is 19.8 Å². The van der Waals surface area contributed by atoms with E-state index in [1.54, 1.807) is 0 Å². The Labute approximate surface area is 50.6 Å². The number of unbranched alkanes of at least 4 members (excludes halogenated alkanes) is 1. The van der Waals surface area contributed by atoms with Gasteiger partial charge in [0.2, 0.25) is 0 Å². The summed E-state index contributed by atoms with van der Waals surface area (Å²) < 4.78 is 0. The summed E-state index contributed by atoms with van der Waals surface area (Å²) in [6.45, 7) is 2.98. The van der Waals surface area contributed by atoms with Gasteiger partial charge in [-0.2, -0.15) is 0 Å². The van der Waals surface area contributed by atoms with Crippen LogP contribution in [0.3, 0.4) is 0 Å². The lowest BCUT2D eigenvalue weighted by atomic mass is 10.3. The maximum atomic E-state index is 5.86. The normalized spacial score (nSPS) is 6.75. The molecule has 0 spiro atoms. The lowest BCUT2D eigenvalue weighted by Crippen LogP contribution is -1.95. The Hall–Kier alpha value is -0.570. The molecule has 0 radical (unpaired) electrons. The molecule has 8 heavy (non-hydrogen) atoms. The molecule has 0 aromatic rings. The van der Waals surface area contributed by atoms with Crippen molar-refractivity contribution in [2.45, 2.75) is 19.8 Å². The summed E-state index contributed by atoms with van der Waals surface area (Å²) in [7, 11) is 0. The average Bonchev–Trinajstić information content (AvgIpc) is 1.71. The van der Waals surface area contributed by atoms with E-state index in [0.29, 0.717) is 0 Å². The second-order valence-corrected chi connectivity index (χ2v) is 1.31. The van der Waals surface area contributed by atoms with Crippen LogP contribution in [-0.2, 0) is 0 Å². The molecule has 3 nitrogen and oxygen atoms in total. The molecule has 0 unspecified atom stereocenters. The Morgan fingerprint density at radius 3 is 2.00 bits per heavy atom. The largest absolute Gasteiger partial charge is 0.390 e. The molecular weight excluding hydrogens is 102 g/mol. The van der Waals surface area contributed by atoms with Crippen molar-refractivity contribution >= 4 is 6.34 Å². The minimum Gasteiger partial charge on any atom is -0.390 e. The predicted molar refractivity (Wildman–Crippen MR) is 36.9 cm³/mol. The molecule has 0 aliphatic carbocycles. The molecule has 5 N–H and O–H groups in total. The molecule has 0 rings (SSSR count). The highest BCUT2D eigenvalue weighted by Gasteiger charge is 1.67. The lowest BCUT2D eigenvalue weighted by molar-refractivity contribution is 0.807. The molecular formula is C5H15N3. The Kier molecular flexibility index (Phi) is 21.0. The Morgan fingerprint density at radius 1 is 1.62 bits per heavy atom. The highest BCUT2D eigenvalue weighted by molar-refractivity contribution is 5.46. The number of nitrogens with two attached hydrogens (primary N) is 2. The van der Waals surface area contributed by atoms with Crippen molar-refractivity contribution in [2.24, 2.45) is 11.5 Å². The van der Waals surface area contributed by atoms with Gasteiger partial charge in [-0.05, 0) is 13.0 Å². The van der Waals surface area contributed by atoms with E-state index >= 15 is 0 Å². The van der Waals surface area contributed by atoms with Crippen molar-refractivity contribution < 1.29 is 0 Å². The quantitative estimate of drug-likeness (QED) is 0.359. The summed E-state index contributed by atoms with van der Waals surface area (Å²) in [4.78, 5) is 0. The monoisotopic (exact) mass is 117 g/mol. The smallest absolute Gasteiger partial charge is 0.0765 e. The van der Waals surface area contributed by atoms with Gasteiger partial charge in [0.05, 0.1) is 6.34 Å². The fourth-order valence-corrected chi connectivity index (χ4v) is 0.204. The molecule has 0 saturated carbocycles. The molecule has 0 saturated heterocycles. The van der Waals surface area contributed by atoms with E-state index in [1.807, 2.05) is 0 Å². The zero-order chi connectivity index (χ0) is 6.83. The fraction of sp³-hybridized carbons (Fsp3) is 0.800. The zero-order valence-electron chi connectivity index (χ0n) is 5.35. The maximum Gasteiger partial charge on any atom is 0.0765 e. The van der Waals surface area contributed by atoms with Gasteiger partial charge in [-0.25, -0.2) is 0 Å². The topological polar surface area (TPSA) is 75.9 Å². The first-order chi connectivity index (χ1) is 3.83. The highest BCUT2D eigenvalue weighted by Crippen LogP contribution is 1.77. The molecule has 0 amide bonds. The molecule has 0 fully saturated rings. The first-order valence-electron chi connectivity index (χ1n) is 2.74. The number of nitrogens with one attached hydrogen (secondary N) is 1. The first kappa shape index (κ1) is 10.4. The summed E-state index contributed by atoms with van der Waals surface area (Å²) >= 11 is 0. The van der Waals surface area contributed by atoms with Crippen LogP contribution in [0.15, 0.2) is 0 Å². The van der Waals surface area contributed by atoms with E-state index < -0.39 is 0 Å². The van der Waals surface area contributed by atoms with E-state index in [0.717, 1.165) is 12.9 Å². The van der Waals surface area contributed by atoms with Crippen molar-refractivity contribution in [1.82, 2.24) is 0 Å². The fourth-order valence-electron chi connectivity index (χ4n) is 0.204. The Balaban J connectivity index is 0. The van der Waals surface area contributed by atoms with Crippen molar-refractivity contribution in [3.05, 3.63) is 0 Å². The predicted octanol–water partition coefficient (Wildman–Crippen LogP) is 0.297. The van der Waals surface area contributed by atoms with Gasteiger partial charge in [0.15, 0.2) is 0 Å². The molecule has 0 aliphatic heterocycles. The molecule has 0 atom stereocenters. The number of hydrogen-bond donors (Lipinski definition) is 3. The van der Waals surface area contributed by atoms with Gasteiger partial charge in [0.25, 0.3) is 0 Å². The Morgan fingerprint density at radius 2 is 2.00 bits per heavy atom. The third-order valence-electron chi connectivity index (χ3n) is 0.558. The van der Waals surface area contributed by atoms with Gasteiger partial charge in [-0.15, -0.1) is 0 Å². The van der Waals surface area contributed by atoms with Gasteiger partial charge < -0.3 is 11.5 Å². The van der Waals surface area contributed by atoms with E-state index in [-0.39, 0.29) is 0 Å². The molecule has 0 aromatic heterocycles. The van der Waals surface area contributed by atoms with Crippen LogP contribution >= 0.6 is 0 Å². The maximum absolute atomic E-state index is 5.86. The third-order valence-corrected chi connectivity index (χ3v) is 0.558. The van der Waals surface area contributed by atoms with Crippen LogP contribution in [0, 0.1) is 5.41 Å². The van der Waals surface area contributed by atoms with Crippen LogP contribution in [-0.4, -0.2) is 12.9 Å². The van der Waals surface area contributed by atoms with Crippen molar-refractivity contribution in [2.75, 3.05) is 6.54 Å². The highest BCUT2D eigenvalue weighted by atomic mass is 14.6. The van der Waals surface area contributed by atoms with Crippen LogP contribution in [0.2, 0.25) is 0 Å². The SMILES string of the molecule is CCCCN.N=CN. The van der Waals surface area contributed by atoms with E-state index in [4.69, 9.17) is 11.1 Å². The first-order valence-corrected chi connectivity index (χ1v) is 2.74. The third kappa shape index (κ3) is 52.1. The van der Waals surface area contributed by atoms with Crippen LogP contribution < -0.4 is 11.5 Å². The summed E-state index contributed by atoms with van der Waals surface area (Å²) in [5, 5.41) is 5.86. The van der Waals surface area contributed by atoms with Gasteiger partial charge in [-0.1, -0.05) is 13.3 Å². The Bertz CT molecular complexity index is 34.7. The zero-order valence-corrected chi connectivity index (χ0v) is 5.35. The van der Waals surface area contributed by atoms with Gasteiger partial charge in [0.1, 0.15) is 0 Å². The van der Waals surface area contributed by atoms with Crippen molar-refractivity contribution in [3.63, 3.8) is 0 Å². The number of hydrogen-bond acceptors (Lipinski definition) is 2. The van der Waals surface area contributed by atoms with Crippen LogP contribution in [0.25, 0.3) is 0 Å². The molecule has 0 heterocycles. The molecule has 0 aromatic carbocycles. The summed E-state index contributed by atoms with van der Waals surface area (Å²) in [6.07, 6.45) is 3.14. The summed E-state index contributed by atoms with van der Waals surface area (Å²) in [5.74, 6) is 0. The van der Waals surface area contributed by atoms with Gasteiger partial charge >= 0.3 is 0 Å². The van der Waals surface area contributed by atoms with Crippen LogP contribution in [0.4, 0.5) is 0 Å².